The average Bonchev–Trinajstić information content (AvgIpc) is 2.92. The summed E-state index contributed by atoms with van der Waals surface area (Å²) in [6, 6.07) is 0. The predicted octanol–water partition coefficient (Wildman–Crippen LogP) is 2.49. The number of anilines is 2. The number of aromatic nitrogens is 3. The Hall–Kier alpha value is -1.53. The highest BCUT2D eigenvalue weighted by molar-refractivity contribution is 7.13. The van der Waals surface area contributed by atoms with Crippen molar-refractivity contribution < 1.29 is 0 Å². The topological polar surface area (TPSA) is 53.9 Å². The molecule has 19 heavy (non-hydrogen) atoms. The molecule has 0 aromatic carbocycles. The number of thiazole rings is 1. The Balaban J connectivity index is 1.84. The van der Waals surface area contributed by atoms with Gasteiger partial charge in [0.2, 0.25) is 0 Å². The van der Waals surface area contributed by atoms with Gasteiger partial charge in [-0.2, -0.15) is 0 Å². The summed E-state index contributed by atoms with van der Waals surface area (Å²) in [7, 11) is 2.16. The number of piperidine rings is 1. The van der Waals surface area contributed by atoms with Gasteiger partial charge in [0, 0.05) is 36.4 Å². The van der Waals surface area contributed by atoms with Crippen LogP contribution in [0.5, 0.6) is 0 Å². The molecule has 6 heteroatoms. The first-order valence-corrected chi connectivity index (χ1v) is 7.37. The lowest BCUT2D eigenvalue weighted by molar-refractivity contribution is 0.248. The molecule has 1 atom stereocenters. The van der Waals surface area contributed by atoms with Gasteiger partial charge in [-0.1, -0.05) is 0 Å². The van der Waals surface area contributed by atoms with Crippen LogP contribution in [-0.4, -0.2) is 40.0 Å². The largest absolute Gasteiger partial charge is 0.315 e. The van der Waals surface area contributed by atoms with E-state index in [0.717, 1.165) is 23.2 Å². The number of nitrogens with one attached hydrogen (secondary N) is 1. The van der Waals surface area contributed by atoms with Gasteiger partial charge in [0.15, 0.2) is 10.9 Å². The number of rotatable bonds is 3. The SMILES string of the molecule is CN1CCCC(c2nccnc2Nc2nccs2)C1. The van der Waals surface area contributed by atoms with Crippen molar-refractivity contribution >= 4 is 22.3 Å². The lowest BCUT2D eigenvalue weighted by atomic mass is 9.95. The van der Waals surface area contributed by atoms with E-state index in [9.17, 15) is 0 Å². The number of hydrogen-bond acceptors (Lipinski definition) is 6. The van der Waals surface area contributed by atoms with Gasteiger partial charge in [-0.3, -0.25) is 4.98 Å². The number of nitrogens with zero attached hydrogens (tertiary/aromatic N) is 4. The van der Waals surface area contributed by atoms with Crippen molar-refractivity contribution in [2.24, 2.45) is 0 Å². The van der Waals surface area contributed by atoms with Crippen LogP contribution in [0.2, 0.25) is 0 Å². The lowest BCUT2D eigenvalue weighted by Crippen LogP contribution is -2.31. The molecular weight excluding hydrogens is 258 g/mol. The standard InChI is InChI=1S/C13H17N5S/c1-18-7-2-3-10(9-18)11-12(15-5-4-14-11)17-13-16-6-8-19-13/h4-6,8,10H,2-3,7,9H2,1H3,(H,15,16,17). The summed E-state index contributed by atoms with van der Waals surface area (Å²) in [6.07, 6.45) is 7.68. The molecule has 0 spiro atoms. The van der Waals surface area contributed by atoms with Crippen LogP contribution in [0.3, 0.4) is 0 Å². The van der Waals surface area contributed by atoms with Gasteiger partial charge in [-0.05, 0) is 26.4 Å². The minimum atomic E-state index is 0.454. The second-order valence-corrected chi connectivity index (χ2v) is 5.75. The normalized spacial score (nSPS) is 20.4. The van der Waals surface area contributed by atoms with Crippen LogP contribution in [0, 0.1) is 0 Å². The molecule has 1 saturated heterocycles. The Morgan fingerprint density at radius 2 is 2.16 bits per heavy atom. The minimum Gasteiger partial charge on any atom is -0.315 e. The van der Waals surface area contributed by atoms with Gasteiger partial charge in [0.25, 0.3) is 0 Å². The Labute approximate surface area is 116 Å². The Morgan fingerprint density at radius 3 is 2.95 bits per heavy atom. The summed E-state index contributed by atoms with van der Waals surface area (Å²) >= 11 is 1.57. The molecule has 1 aliphatic rings. The highest BCUT2D eigenvalue weighted by atomic mass is 32.1. The molecule has 2 aromatic rings. The van der Waals surface area contributed by atoms with E-state index in [1.165, 1.54) is 19.4 Å². The molecule has 2 aromatic heterocycles. The average molecular weight is 275 g/mol. The highest BCUT2D eigenvalue weighted by Gasteiger charge is 2.23. The second kappa shape index (κ2) is 5.63. The van der Waals surface area contributed by atoms with Crippen LogP contribution in [0.15, 0.2) is 24.0 Å². The summed E-state index contributed by atoms with van der Waals surface area (Å²) in [6.45, 7) is 2.22. The molecule has 1 fully saturated rings. The van der Waals surface area contributed by atoms with Gasteiger partial charge in [-0.25, -0.2) is 9.97 Å². The zero-order chi connectivity index (χ0) is 13.1. The first-order valence-electron chi connectivity index (χ1n) is 6.49. The Bertz CT molecular complexity index is 528. The summed E-state index contributed by atoms with van der Waals surface area (Å²) in [4.78, 5) is 15.6. The van der Waals surface area contributed by atoms with Crippen LogP contribution < -0.4 is 5.32 Å². The summed E-state index contributed by atoms with van der Waals surface area (Å²) in [5, 5.41) is 6.10. The zero-order valence-electron chi connectivity index (χ0n) is 10.9. The molecule has 3 heterocycles. The van der Waals surface area contributed by atoms with E-state index in [2.05, 4.69) is 32.2 Å². The summed E-state index contributed by atoms with van der Waals surface area (Å²) in [5.41, 5.74) is 1.06. The van der Waals surface area contributed by atoms with Crippen LogP contribution in [-0.2, 0) is 0 Å². The Morgan fingerprint density at radius 1 is 1.26 bits per heavy atom. The van der Waals surface area contributed by atoms with Crippen molar-refractivity contribution in [1.82, 2.24) is 19.9 Å². The number of hydrogen-bond donors (Lipinski definition) is 1. The number of likely N-dealkylation sites (tertiary alicyclic amines) is 1. The van der Waals surface area contributed by atoms with Crippen molar-refractivity contribution in [3.63, 3.8) is 0 Å². The van der Waals surface area contributed by atoms with Crippen molar-refractivity contribution in [2.75, 3.05) is 25.5 Å². The van der Waals surface area contributed by atoms with E-state index in [4.69, 9.17) is 0 Å². The fraction of sp³-hybridized carbons (Fsp3) is 0.462. The Kier molecular flexibility index (Phi) is 3.70. The van der Waals surface area contributed by atoms with Crippen LogP contribution in [0.1, 0.15) is 24.5 Å². The van der Waals surface area contributed by atoms with Gasteiger partial charge >= 0.3 is 0 Å². The van der Waals surface area contributed by atoms with E-state index < -0.39 is 0 Å². The van der Waals surface area contributed by atoms with Crippen LogP contribution in [0.25, 0.3) is 0 Å². The minimum absolute atomic E-state index is 0.454. The fourth-order valence-corrected chi connectivity index (χ4v) is 3.05. The second-order valence-electron chi connectivity index (χ2n) is 4.85. The third-order valence-corrected chi connectivity index (χ3v) is 4.08. The maximum atomic E-state index is 4.54. The van der Waals surface area contributed by atoms with Gasteiger partial charge < -0.3 is 10.2 Å². The van der Waals surface area contributed by atoms with Gasteiger partial charge in [-0.15, -0.1) is 11.3 Å². The third kappa shape index (κ3) is 2.90. The molecule has 0 amide bonds. The quantitative estimate of drug-likeness (QED) is 0.932. The molecule has 0 saturated carbocycles. The first-order chi connectivity index (χ1) is 9.33. The first kappa shape index (κ1) is 12.5. The van der Waals surface area contributed by atoms with Crippen molar-refractivity contribution in [2.45, 2.75) is 18.8 Å². The van der Waals surface area contributed by atoms with Crippen LogP contribution in [0.4, 0.5) is 10.9 Å². The molecular formula is C13H17N5S. The number of likely N-dealkylation sites (N-methyl/N-ethyl adjacent to an activating group) is 1. The van der Waals surface area contributed by atoms with E-state index in [-0.39, 0.29) is 0 Å². The molecule has 1 N–H and O–H groups in total. The van der Waals surface area contributed by atoms with E-state index in [1.807, 2.05) is 5.38 Å². The van der Waals surface area contributed by atoms with E-state index in [0.29, 0.717) is 5.92 Å². The molecule has 1 aliphatic heterocycles. The molecule has 1 unspecified atom stereocenters. The predicted molar refractivity (Wildman–Crippen MR) is 76.9 cm³/mol. The van der Waals surface area contributed by atoms with Crippen molar-refractivity contribution in [3.8, 4) is 0 Å². The lowest BCUT2D eigenvalue weighted by Gasteiger charge is -2.29. The van der Waals surface area contributed by atoms with E-state index >= 15 is 0 Å². The smallest absolute Gasteiger partial charge is 0.188 e. The molecule has 3 rings (SSSR count). The maximum Gasteiger partial charge on any atom is 0.188 e. The van der Waals surface area contributed by atoms with Gasteiger partial charge in [0.1, 0.15) is 0 Å². The third-order valence-electron chi connectivity index (χ3n) is 3.40. The van der Waals surface area contributed by atoms with Crippen LogP contribution >= 0.6 is 11.3 Å². The van der Waals surface area contributed by atoms with Crippen molar-refractivity contribution in [1.29, 1.82) is 0 Å². The van der Waals surface area contributed by atoms with Crippen molar-refractivity contribution in [3.05, 3.63) is 29.7 Å². The van der Waals surface area contributed by atoms with Gasteiger partial charge in [0.05, 0.1) is 5.69 Å². The van der Waals surface area contributed by atoms with E-state index in [1.54, 1.807) is 29.9 Å². The summed E-state index contributed by atoms with van der Waals surface area (Å²) in [5.74, 6) is 1.30. The molecule has 100 valence electrons. The molecule has 0 aliphatic carbocycles. The summed E-state index contributed by atoms with van der Waals surface area (Å²) < 4.78 is 0. The molecule has 0 radical (unpaired) electrons. The molecule has 0 bridgehead atoms. The highest BCUT2D eigenvalue weighted by Crippen LogP contribution is 2.30. The monoisotopic (exact) mass is 275 g/mol. The fourth-order valence-electron chi connectivity index (χ4n) is 2.52. The molecule has 5 nitrogen and oxygen atoms in total. The zero-order valence-corrected chi connectivity index (χ0v) is 11.7. The maximum absolute atomic E-state index is 4.54.